The fraction of sp³-hybridized carbons (Fsp3) is 0.444. The van der Waals surface area contributed by atoms with Gasteiger partial charge in [0.25, 0.3) is 11.8 Å². The molecule has 1 N–H and O–H groups in total. The van der Waals surface area contributed by atoms with E-state index in [1.54, 1.807) is 0 Å². The third-order valence-corrected chi connectivity index (χ3v) is 1.36. The molecule has 0 aromatic heterocycles. The fourth-order valence-corrected chi connectivity index (χ4v) is 0.869. The van der Waals surface area contributed by atoms with Gasteiger partial charge < -0.3 is 4.84 Å². The molecule has 94 valence electrons. The number of rotatable bonds is 2. The van der Waals surface area contributed by atoms with Crippen LogP contribution in [-0.2, 0) is 28.8 Å². The molecule has 0 radical (unpaired) electrons. The van der Waals surface area contributed by atoms with E-state index >= 15 is 0 Å². The number of nitrogens with one attached hydrogen (secondary N) is 1. The number of hydrogen-bond acceptors (Lipinski definition) is 6. The molecule has 0 aliphatic heterocycles. The number of hydroxylamine groups is 2. The van der Waals surface area contributed by atoms with Crippen molar-refractivity contribution in [3.05, 3.63) is 0 Å². The highest BCUT2D eigenvalue weighted by Crippen LogP contribution is 1.98. The average Bonchev–Trinajstić information content (AvgIpc) is 2.11. The predicted octanol–water partition coefficient (Wildman–Crippen LogP) is -1.11. The van der Waals surface area contributed by atoms with E-state index in [2.05, 4.69) is 4.84 Å². The summed E-state index contributed by atoms with van der Waals surface area (Å²) in [6.45, 7) is 3.08. The average molecular weight is 244 g/mol. The number of hydrogen-bond donors (Lipinski definition) is 1. The third-order valence-electron chi connectivity index (χ3n) is 1.36. The topological polar surface area (TPSA) is 110 Å². The van der Waals surface area contributed by atoms with E-state index in [-0.39, 0.29) is 5.06 Å². The number of imide groups is 2. The van der Waals surface area contributed by atoms with Gasteiger partial charge in [-0.25, -0.2) is 4.79 Å². The molecule has 0 spiro atoms. The van der Waals surface area contributed by atoms with Crippen LogP contribution < -0.4 is 5.32 Å². The molecule has 8 heteroatoms. The molecule has 0 heterocycles. The van der Waals surface area contributed by atoms with Crippen molar-refractivity contribution in [1.29, 1.82) is 0 Å². The zero-order valence-corrected chi connectivity index (χ0v) is 9.60. The Bertz CT molecular complexity index is 376. The monoisotopic (exact) mass is 244 g/mol. The molecule has 0 aromatic carbocycles. The Kier molecular flexibility index (Phi) is 5.52. The Morgan fingerprint density at radius 3 is 1.94 bits per heavy atom. The van der Waals surface area contributed by atoms with E-state index in [1.807, 2.05) is 5.32 Å². The van der Waals surface area contributed by atoms with Crippen molar-refractivity contribution in [3.8, 4) is 0 Å². The number of carbonyl (C=O) groups is 5. The van der Waals surface area contributed by atoms with Crippen LogP contribution in [0.25, 0.3) is 0 Å². The van der Waals surface area contributed by atoms with Crippen molar-refractivity contribution >= 4 is 29.6 Å². The minimum Gasteiger partial charge on any atom is -0.331 e. The smallest absolute Gasteiger partial charge is 0.330 e. The van der Waals surface area contributed by atoms with E-state index < -0.39 is 36.0 Å². The maximum absolute atomic E-state index is 11.4. The maximum atomic E-state index is 11.4. The second-order valence-electron chi connectivity index (χ2n) is 3.07. The van der Waals surface area contributed by atoms with Crippen molar-refractivity contribution in [2.45, 2.75) is 27.2 Å². The molecular formula is C9H12N2O6. The van der Waals surface area contributed by atoms with Crippen molar-refractivity contribution in [1.82, 2.24) is 10.4 Å². The highest BCUT2D eigenvalue weighted by Gasteiger charge is 2.24. The Morgan fingerprint density at radius 1 is 1.06 bits per heavy atom. The molecule has 0 atom stereocenters. The lowest BCUT2D eigenvalue weighted by atomic mass is 10.3. The normalized spacial score (nSPS) is 9.12. The highest BCUT2D eigenvalue weighted by molar-refractivity contribution is 6.07. The molecule has 0 aliphatic carbocycles. The molecule has 17 heavy (non-hydrogen) atoms. The van der Waals surface area contributed by atoms with Crippen molar-refractivity contribution in [2.24, 2.45) is 0 Å². The second-order valence-corrected chi connectivity index (χ2v) is 3.07. The molecule has 8 nitrogen and oxygen atoms in total. The predicted molar refractivity (Wildman–Crippen MR) is 52.7 cm³/mol. The summed E-state index contributed by atoms with van der Waals surface area (Å²) in [5.74, 6) is -4.28. The van der Waals surface area contributed by atoms with Crippen molar-refractivity contribution < 1.29 is 28.8 Å². The van der Waals surface area contributed by atoms with Crippen LogP contribution in [0.1, 0.15) is 27.2 Å². The summed E-state index contributed by atoms with van der Waals surface area (Å²) in [4.78, 5) is 58.8. The van der Waals surface area contributed by atoms with Gasteiger partial charge in [0, 0.05) is 20.8 Å². The van der Waals surface area contributed by atoms with E-state index in [1.165, 1.54) is 0 Å². The number of carbonyl (C=O) groups excluding carboxylic acids is 5. The van der Waals surface area contributed by atoms with Crippen LogP contribution in [0.15, 0.2) is 0 Å². The molecule has 0 bridgehead atoms. The Morgan fingerprint density at radius 2 is 1.59 bits per heavy atom. The molecule has 0 unspecified atom stereocenters. The minimum absolute atomic E-state index is 0.169. The lowest BCUT2D eigenvalue weighted by Gasteiger charge is -2.15. The molecule has 0 saturated heterocycles. The lowest BCUT2D eigenvalue weighted by molar-refractivity contribution is -0.200. The Balaban J connectivity index is 4.53. The molecule has 0 rings (SSSR count). The third kappa shape index (κ3) is 6.03. The van der Waals surface area contributed by atoms with Crippen molar-refractivity contribution in [3.63, 3.8) is 0 Å². The van der Waals surface area contributed by atoms with E-state index in [9.17, 15) is 24.0 Å². The number of nitrogens with zero attached hydrogens (tertiary/aromatic N) is 1. The second kappa shape index (κ2) is 6.36. The SMILES string of the molecule is CC(=O)NC(=O)CC(=O)N(OC(C)=O)C(C)=O. The van der Waals surface area contributed by atoms with Gasteiger partial charge in [-0.2, -0.15) is 0 Å². The Labute approximate surface area is 96.8 Å². The molecule has 0 saturated carbocycles. The van der Waals surface area contributed by atoms with Gasteiger partial charge in [-0.05, 0) is 0 Å². The van der Waals surface area contributed by atoms with E-state index in [0.717, 1.165) is 20.8 Å². The lowest BCUT2D eigenvalue weighted by Crippen LogP contribution is -2.40. The first-order valence-electron chi connectivity index (χ1n) is 4.56. The molecule has 0 aliphatic rings. The van der Waals surface area contributed by atoms with Gasteiger partial charge in [-0.15, -0.1) is 5.06 Å². The Hall–Kier alpha value is -2.25. The zero-order valence-electron chi connectivity index (χ0n) is 9.60. The van der Waals surface area contributed by atoms with Gasteiger partial charge in [-0.3, -0.25) is 24.5 Å². The summed E-state index contributed by atoms with van der Waals surface area (Å²) >= 11 is 0. The van der Waals surface area contributed by atoms with E-state index in [4.69, 9.17) is 0 Å². The van der Waals surface area contributed by atoms with Crippen LogP contribution >= 0.6 is 0 Å². The summed E-state index contributed by atoms with van der Waals surface area (Å²) in [5, 5.41) is 2.01. The zero-order chi connectivity index (χ0) is 13.6. The summed E-state index contributed by atoms with van der Waals surface area (Å²) in [5.41, 5.74) is 0. The van der Waals surface area contributed by atoms with Crippen LogP contribution in [0.2, 0.25) is 0 Å². The van der Waals surface area contributed by atoms with Gasteiger partial charge >= 0.3 is 5.97 Å². The van der Waals surface area contributed by atoms with Crippen LogP contribution in [0.5, 0.6) is 0 Å². The van der Waals surface area contributed by atoms with Crippen LogP contribution in [0.3, 0.4) is 0 Å². The molecule has 4 amide bonds. The van der Waals surface area contributed by atoms with Gasteiger partial charge in [-0.1, -0.05) is 0 Å². The van der Waals surface area contributed by atoms with Gasteiger partial charge in [0.2, 0.25) is 11.8 Å². The standard InChI is InChI=1S/C9H12N2O6/c1-5(12)10-8(15)4-9(16)11(6(2)13)17-7(3)14/h4H2,1-3H3,(H,10,12,15). The maximum Gasteiger partial charge on any atom is 0.330 e. The van der Waals surface area contributed by atoms with E-state index in [0.29, 0.717) is 0 Å². The number of amides is 4. The molecule has 0 fully saturated rings. The van der Waals surface area contributed by atoms with Crippen molar-refractivity contribution in [2.75, 3.05) is 0 Å². The molecule has 0 aromatic rings. The highest BCUT2D eigenvalue weighted by atomic mass is 16.7. The summed E-state index contributed by atoms with van der Waals surface area (Å²) in [7, 11) is 0. The van der Waals surface area contributed by atoms with Crippen LogP contribution in [-0.4, -0.2) is 34.7 Å². The largest absolute Gasteiger partial charge is 0.331 e. The van der Waals surface area contributed by atoms with Crippen LogP contribution in [0.4, 0.5) is 0 Å². The first-order chi connectivity index (χ1) is 7.73. The molecular weight excluding hydrogens is 232 g/mol. The quantitative estimate of drug-likeness (QED) is 0.487. The summed E-state index contributed by atoms with van der Waals surface area (Å²) < 4.78 is 0. The summed E-state index contributed by atoms with van der Waals surface area (Å²) in [6, 6.07) is 0. The first kappa shape index (κ1) is 14.8. The first-order valence-corrected chi connectivity index (χ1v) is 4.56. The van der Waals surface area contributed by atoms with Gasteiger partial charge in [0.15, 0.2) is 0 Å². The minimum atomic E-state index is -1.04. The van der Waals surface area contributed by atoms with Gasteiger partial charge in [0.05, 0.1) is 0 Å². The van der Waals surface area contributed by atoms with Gasteiger partial charge in [0.1, 0.15) is 6.42 Å². The summed E-state index contributed by atoms with van der Waals surface area (Å²) in [6.07, 6.45) is -0.771. The van der Waals surface area contributed by atoms with Crippen LogP contribution in [0, 0.1) is 0 Å². The fourth-order valence-electron chi connectivity index (χ4n) is 0.869.